The number of nitrogens with zero attached hydrogens (tertiary/aromatic N) is 1. The Morgan fingerprint density at radius 1 is 0.862 bits per heavy atom. The number of benzene rings is 3. The summed E-state index contributed by atoms with van der Waals surface area (Å²) in [5.41, 5.74) is 7.39. The maximum atomic E-state index is 13.2. The minimum atomic E-state index is -0.141. The van der Waals surface area contributed by atoms with Gasteiger partial charge in [-0.05, 0) is 62.7 Å². The van der Waals surface area contributed by atoms with Gasteiger partial charge in [0.1, 0.15) is 0 Å². The number of halogens is 1. The number of rotatable bonds is 3. The number of fused-ring (bicyclic) bond motifs is 1. The van der Waals surface area contributed by atoms with Gasteiger partial charge in [-0.25, -0.2) is 4.98 Å². The molecule has 0 saturated heterocycles. The molecule has 4 rings (SSSR count). The van der Waals surface area contributed by atoms with Gasteiger partial charge in [-0.2, -0.15) is 0 Å². The molecule has 3 aromatic carbocycles. The van der Waals surface area contributed by atoms with Crippen molar-refractivity contribution in [1.82, 2.24) is 4.98 Å². The third-order valence-corrected chi connectivity index (χ3v) is 5.47. The van der Waals surface area contributed by atoms with E-state index in [0.717, 1.165) is 43.4 Å². The van der Waals surface area contributed by atoms with Crippen molar-refractivity contribution >= 4 is 38.4 Å². The Labute approximate surface area is 178 Å². The molecule has 4 heteroatoms. The van der Waals surface area contributed by atoms with E-state index in [4.69, 9.17) is 4.98 Å². The summed E-state index contributed by atoms with van der Waals surface area (Å²) in [6.07, 6.45) is 0. The van der Waals surface area contributed by atoms with Crippen LogP contribution in [0.15, 0.2) is 71.2 Å². The molecule has 1 N–H and O–H groups in total. The van der Waals surface area contributed by atoms with Crippen molar-refractivity contribution in [2.24, 2.45) is 0 Å². The number of hydrogen-bond acceptors (Lipinski definition) is 2. The highest BCUT2D eigenvalue weighted by Gasteiger charge is 2.16. The van der Waals surface area contributed by atoms with Gasteiger partial charge in [-0.3, -0.25) is 4.79 Å². The summed E-state index contributed by atoms with van der Waals surface area (Å²) in [5, 5.41) is 3.89. The third kappa shape index (κ3) is 4.08. The predicted octanol–water partition coefficient (Wildman–Crippen LogP) is 6.84. The smallest absolute Gasteiger partial charge is 0.256 e. The molecule has 29 heavy (non-hydrogen) atoms. The van der Waals surface area contributed by atoms with Gasteiger partial charge in [0.25, 0.3) is 5.91 Å². The largest absolute Gasteiger partial charge is 0.322 e. The monoisotopic (exact) mass is 444 g/mol. The molecule has 0 bridgehead atoms. The van der Waals surface area contributed by atoms with Gasteiger partial charge in [-0.1, -0.05) is 57.4 Å². The Hall–Kier alpha value is -2.98. The van der Waals surface area contributed by atoms with E-state index in [1.165, 1.54) is 5.56 Å². The van der Waals surface area contributed by atoms with Crippen LogP contribution in [0.3, 0.4) is 0 Å². The first-order valence-corrected chi connectivity index (χ1v) is 10.3. The first kappa shape index (κ1) is 19.3. The standard InChI is InChI=1S/C25H21BrN2O/c1-15-4-6-18(7-5-15)23-14-22(21-13-16(2)12-17(3)24(21)28-23)25(29)27-20-10-8-19(26)9-11-20/h4-14H,1-3H3,(H,27,29). The highest BCUT2D eigenvalue weighted by molar-refractivity contribution is 9.10. The molecule has 1 amide bonds. The van der Waals surface area contributed by atoms with Crippen molar-refractivity contribution < 1.29 is 4.79 Å². The van der Waals surface area contributed by atoms with Crippen molar-refractivity contribution in [2.45, 2.75) is 20.8 Å². The summed E-state index contributed by atoms with van der Waals surface area (Å²) in [4.78, 5) is 18.1. The van der Waals surface area contributed by atoms with E-state index in [1.54, 1.807) is 0 Å². The van der Waals surface area contributed by atoms with E-state index in [9.17, 15) is 4.79 Å². The van der Waals surface area contributed by atoms with E-state index in [2.05, 4.69) is 46.4 Å². The van der Waals surface area contributed by atoms with E-state index in [1.807, 2.05) is 62.4 Å². The minimum absolute atomic E-state index is 0.141. The van der Waals surface area contributed by atoms with E-state index < -0.39 is 0 Å². The highest BCUT2D eigenvalue weighted by Crippen LogP contribution is 2.29. The average Bonchev–Trinajstić information content (AvgIpc) is 2.69. The van der Waals surface area contributed by atoms with E-state index >= 15 is 0 Å². The van der Waals surface area contributed by atoms with Gasteiger partial charge in [0.05, 0.1) is 16.8 Å². The SMILES string of the molecule is Cc1ccc(-c2cc(C(=O)Nc3ccc(Br)cc3)c3cc(C)cc(C)c3n2)cc1. The van der Waals surface area contributed by atoms with Crippen LogP contribution in [0.4, 0.5) is 5.69 Å². The van der Waals surface area contributed by atoms with Crippen LogP contribution >= 0.6 is 15.9 Å². The van der Waals surface area contributed by atoms with Crippen LogP contribution in [-0.4, -0.2) is 10.9 Å². The summed E-state index contributed by atoms with van der Waals surface area (Å²) < 4.78 is 0.970. The fourth-order valence-electron chi connectivity index (χ4n) is 3.47. The molecule has 0 aliphatic carbocycles. The van der Waals surface area contributed by atoms with E-state index in [0.29, 0.717) is 5.56 Å². The number of hydrogen-bond donors (Lipinski definition) is 1. The van der Waals surface area contributed by atoms with Crippen LogP contribution in [0.25, 0.3) is 22.2 Å². The number of carbonyl (C=O) groups excluding carboxylic acids is 1. The first-order chi connectivity index (χ1) is 13.9. The lowest BCUT2D eigenvalue weighted by Crippen LogP contribution is -2.13. The molecule has 0 unspecified atom stereocenters. The summed E-state index contributed by atoms with van der Waals surface area (Å²) in [7, 11) is 0. The quantitative estimate of drug-likeness (QED) is 0.375. The maximum Gasteiger partial charge on any atom is 0.256 e. The summed E-state index contributed by atoms with van der Waals surface area (Å²) in [5.74, 6) is -0.141. The third-order valence-electron chi connectivity index (χ3n) is 4.94. The van der Waals surface area contributed by atoms with Crippen molar-refractivity contribution in [3.8, 4) is 11.3 Å². The fourth-order valence-corrected chi connectivity index (χ4v) is 3.74. The lowest BCUT2D eigenvalue weighted by molar-refractivity contribution is 0.102. The van der Waals surface area contributed by atoms with Crippen LogP contribution in [0.5, 0.6) is 0 Å². The van der Waals surface area contributed by atoms with Crippen molar-refractivity contribution in [3.05, 3.63) is 93.5 Å². The molecule has 144 valence electrons. The van der Waals surface area contributed by atoms with Crippen molar-refractivity contribution in [1.29, 1.82) is 0 Å². The zero-order valence-electron chi connectivity index (χ0n) is 16.6. The number of anilines is 1. The minimum Gasteiger partial charge on any atom is -0.322 e. The molecule has 0 atom stereocenters. The Kier molecular flexibility index (Phi) is 5.20. The number of carbonyl (C=O) groups is 1. The van der Waals surface area contributed by atoms with Crippen LogP contribution in [0, 0.1) is 20.8 Å². The average molecular weight is 445 g/mol. The van der Waals surface area contributed by atoms with Gasteiger partial charge in [-0.15, -0.1) is 0 Å². The van der Waals surface area contributed by atoms with Gasteiger partial charge in [0.2, 0.25) is 0 Å². The summed E-state index contributed by atoms with van der Waals surface area (Å²) in [6.45, 7) is 6.13. The van der Waals surface area contributed by atoms with Gasteiger partial charge < -0.3 is 5.32 Å². The second-order valence-electron chi connectivity index (χ2n) is 7.36. The molecule has 4 aromatic rings. The lowest BCUT2D eigenvalue weighted by atomic mass is 9.99. The Morgan fingerprint density at radius 3 is 2.24 bits per heavy atom. The Morgan fingerprint density at radius 2 is 1.55 bits per heavy atom. The first-order valence-electron chi connectivity index (χ1n) is 9.47. The molecule has 0 aliphatic heterocycles. The Bertz CT molecular complexity index is 1210. The Balaban J connectivity index is 1.86. The molecule has 3 nitrogen and oxygen atoms in total. The van der Waals surface area contributed by atoms with Crippen LogP contribution in [-0.2, 0) is 0 Å². The van der Waals surface area contributed by atoms with Gasteiger partial charge in [0.15, 0.2) is 0 Å². The molecular weight excluding hydrogens is 424 g/mol. The molecule has 0 fully saturated rings. The zero-order valence-corrected chi connectivity index (χ0v) is 18.2. The van der Waals surface area contributed by atoms with Crippen molar-refractivity contribution in [3.63, 3.8) is 0 Å². The normalized spacial score (nSPS) is 10.9. The number of aromatic nitrogens is 1. The van der Waals surface area contributed by atoms with Crippen LogP contribution < -0.4 is 5.32 Å². The van der Waals surface area contributed by atoms with Crippen molar-refractivity contribution in [2.75, 3.05) is 5.32 Å². The summed E-state index contributed by atoms with van der Waals surface area (Å²) in [6, 6.07) is 21.8. The highest BCUT2D eigenvalue weighted by atomic mass is 79.9. The van der Waals surface area contributed by atoms with Gasteiger partial charge >= 0.3 is 0 Å². The second kappa shape index (κ2) is 7.80. The predicted molar refractivity (Wildman–Crippen MR) is 123 cm³/mol. The molecule has 1 aromatic heterocycles. The second-order valence-corrected chi connectivity index (χ2v) is 8.28. The number of amides is 1. The van der Waals surface area contributed by atoms with Crippen LogP contribution in [0.2, 0.25) is 0 Å². The molecule has 0 saturated carbocycles. The maximum absolute atomic E-state index is 13.2. The molecule has 1 heterocycles. The number of pyridine rings is 1. The van der Waals surface area contributed by atoms with Crippen LogP contribution in [0.1, 0.15) is 27.0 Å². The van der Waals surface area contributed by atoms with Gasteiger partial charge in [0, 0.05) is 21.1 Å². The lowest BCUT2D eigenvalue weighted by Gasteiger charge is -2.13. The number of aryl methyl sites for hydroxylation is 3. The molecule has 0 aliphatic rings. The molecular formula is C25H21BrN2O. The summed E-state index contributed by atoms with van der Waals surface area (Å²) >= 11 is 3.42. The topological polar surface area (TPSA) is 42.0 Å². The molecule has 0 spiro atoms. The zero-order chi connectivity index (χ0) is 20.5. The number of nitrogens with one attached hydrogen (secondary N) is 1. The fraction of sp³-hybridized carbons (Fsp3) is 0.120. The molecule has 0 radical (unpaired) electrons. The van der Waals surface area contributed by atoms with E-state index in [-0.39, 0.29) is 5.91 Å².